The van der Waals surface area contributed by atoms with Crippen molar-refractivity contribution in [1.29, 1.82) is 0 Å². The molecule has 2 aromatic rings. The predicted octanol–water partition coefficient (Wildman–Crippen LogP) is 2.31. The van der Waals surface area contributed by atoms with Crippen LogP contribution >= 0.6 is 0 Å². The Bertz CT molecular complexity index is 586. The molecule has 0 saturated carbocycles. The van der Waals surface area contributed by atoms with Crippen molar-refractivity contribution >= 4 is 16.5 Å². The van der Waals surface area contributed by atoms with Crippen molar-refractivity contribution in [2.24, 2.45) is 0 Å². The van der Waals surface area contributed by atoms with Gasteiger partial charge in [-0.1, -0.05) is 6.07 Å². The summed E-state index contributed by atoms with van der Waals surface area (Å²) in [6.45, 7) is 0.735. The van der Waals surface area contributed by atoms with Crippen molar-refractivity contribution in [3.63, 3.8) is 0 Å². The number of ether oxygens (including phenoxy) is 2. The molecular formula is C13H14N2O4. The largest absolute Gasteiger partial charge is 0.359 e. The van der Waals surface area contributed by atoms with Crippen molar-refractivity contribution in [3.8, 4) is 0 Å². The second kappa shape index (κ2) is 6.21. The second-order valence-electron chi connectivity index (χ2n) is 3.99. The average molecular weight is 262 g/mol. The van der Waals surface area contributed by atoms with E-state index in [0.29, 0.717) is 18.4 Å². The summed E-state index contributed by atoms with van der Waals surface area (Å²) in [6, 6.07) is 4.93. The second-order valence-corrected chi connectivity index (χ2v) is 3.99. The summed E-state index contributed by atoms with van der Waals surface area (Å²) >= 11 is 0. The number of pyridine rings is 1. The molecule has 6 heteroatoms. The van der Waals surface area contributed by atoms with Crippen molar-refractivity contribution in [2.45, 2.75) is 6.42 Å². The fraction of sp³-hybridized carbons (Fsp3) is 0.308. The maximum Gasteiger partial charge on any atom is 0.277 e. The Morgan fingerprint density at radius 1 is 1.32 bits per heavy atom. The Balaban J connectivity index is 2.30. The van der Waals surface area contributed by atoms with E-state index < -0.39 is 0 Å². The number of hydrogen-bond donors (Lipinski definition) is 0. The van der Waals surface area contributed by atoms with E-state index in [2.05, 4.69) is 4.98 Å². The SMILES string of the molecule is COCOCCc1ccc([N+](=O)[O-])c2ccncc12. The molecule has 0 saturated heterocycles. The lowest BCUT2D eigenvalue weighted by Gasteiger charge is -2.07. The van der Waals surface area contributed by atoms with Gasteiger partial charge in [-0.2, -0.15) is 0 Å². The van der Waals surface area contributed by atoms with Gasteiger partial charge in [0.05, 0.1) is 16.9 Å². The molecule has 100 valence electrons. The van der Waals surface area contributed by atoms with Crippen LogP contribution in [0, 0.1) is 10.1 Å². The van der Waals surface area contributed by atoms with Crippen LogP contribution in [0.2, 0.25) is 0 Å². The summed E-state index contributed by atoms with van der Waals surface area (Å²) in [7, 11) is 1.56. The maximum atomic E-state index is 11.0. The van der Waals surface area contributed by atoms with Gasteiger partial charge in [-0.3, -0.25) is 15.1 Å². The number of aromatic nitrogens is 1. The van der Waals surface area contributed by atoms with E-state index in [-0.39, 0.29) is 17.4 Å². The number of nitrogens with zero attached hydrogens (tertiary/aromatic N) is 2. The molecule has 0 aliphatic rings. The van der Waals surface area contributed by atoms with Crippen LogP contribution in [-0.4, -0.2) is 30.4 Å². The van der Waals surface area contributed by atoms with Crippen molar-refractivity contribution < 1.29 is 14.4 Å². The molecular weight excluding hydrogens is 248 g/mol. The Labute approximate surface area is 110 Å². The van der Waals surface area contributed by atoms with Crippen LogP contribution in [0.3, 0.4) is 0 Å². The van der Waals surface area contributed by atoms with E-state index >= 15 is 0 Å². The van der Waals surface area contributed by atoms with Crippen molar-refractivity contribution in [1.82, 2.24) is 4.98 Å². The van der Waals surface area contributed by atoms with Crippen LogP contribution < -0.4 is 0 Å². The molecule has 0 unspecified atom stereocenters. The highest BCUT2D eigenvalue weighted by Gasteiger charge is 2.13. The van der Waals surface area contributed by atoms with Crippen LogP contribution in [0.1, 0.15) is 5.56 Å². The molecule has 0 aliphatic heterocycles. The van der Waals surface area contributed by atoms with Gasteiger partial charge in [0.15, 0.2) is 0 Å². The third-order valence-electron chi connectivity index (χ3n) is 2.80. The van der Waals surface area contributed by atoms with Crippen LogP contribution in [0.15, 0.2) is 30.6 Å². The maximum absolute atomic E-state index is 11.0. The zero-order valence-corrected chi connectivity index (χ0v) is 10.5. The molecule has 0 N–H and O–H groups in total. The molecule has 19 heavy (non-hydrogen) atoms. The topological polar surface area (TPSA) is 74.5 Å². The molecule has 0 spiro atoms. The summed E-state index contributed by atoms with van der Waals surface area (Å²) in [5.74, 6) is 0. The summed E-state index contributed by atoms with van der Waals surface area (Å²) in [6.07, 6.45) is 3.86. The van der Waals surface area contributed by atoms with E-state index in [1.807, 2.05) is 0 Å². The lowest BCUT2D eigenvalue weighted by Crippen LogP contribution is -2.02. The molecule has 0 amide bonds. The van der Waals surface area contributed by atoms with Gasteiger partial charge in [0, 0.05) is 31.0 Å². The van der Waals surface area contributed by atoms with E-state index in [1.54, 1.807) is 31.6 Å². The number of nitro groups is 1. The highest BCUT2D eigenvalue weighted by atomic mass is 16.7. The minimum absolute atomic E-state index is 0.0963. The van der Waals surface area contributed by atoms with Crippen LogP contribution in [0.25, 0.3) is 10.8 Å². The van der Waals surface area contributed by atoms with Crippen molar-refractivity contribution in [2.75, 3.05) is 20.5 Å². The number of non-ortho nitro benzene ring substituents is 1. The van der Waals surface area contributed by atoms with Gasteiger partial charge in [0.25, 0.3) is 5.69 Å². The monoisotopic (exact) mass is 262 g/mol. The van der Waals surface area contributed by atoms with Gasteiger partial charge in [-0.15, -0.1) is 0 Å². The summed E-state index contributed by atoms with van der Waals surface area (Å²) < 4.78 is 10.0. The van der Waals surface area contributed by atoms with Gasteiger partial charge in [0.1, 0.15) is 6.79 Å². The molecule has 1 aromatic carbocycles. The number of nitro benzene ring substituents is 1. The first-order valence-corrected chi connectivity index (χ1v) is 5.80. The van der Waals surface area contributed by atoms with E-state index in [4.69, 9.17) is 9.47 Å². The zero-order chi connectivity index (χ0) is 13.7. The van der Waals surface area contributed by atoms with Gasteiger partial charge in [-0.05, 0) is 18.1 Å². The molecule has 2 rings (SSSR count). The van der Waals surface area contributed by atoms with Gasteiger partial charge >= 0.3 is 0 Å². The van der Waals surface area contributed by atoms with E-state index in [9.17, 15) is 10.1 Å². The quantitative estimate of drug-likeness (QED) is 0.345. The third-order valence-corrected chi connectivity index (χ3v) is 2.80. The van der Waals surface area contributed by atoms with Crippen LogP contribution in [0.5, 0.6) is 0 Å². The summed E-state index contributed by atoms with van der Waals surface area (Å²) in [5, 5.41) is 12.4. The third kappa shape index (κ3) is 3.04. The minimum Gasteiger partial charge on any atom is -0.359 e. The molecule has 1 heterocycles. The van der Waals surface area contributed by atoms with Gasteiger partial charge in [0.2, 0.25) is 0 Å². The molecule has 6 nitrogen and oxygen atoms in total. The molecule has 0 radical (unpaired) electrons. The molecule has 1 aromatic heterocycles. The van der Waals surface area contributed by atoms with E-state index in [1.165, 1.54) is 6.07 Å². The normalized spacial score (nSPS) is 10.8. The first-order chi connectivity index (χ1) is 9.24. The smallest absolute Gasteiger partial charge is 0.277 e. The minimum atomic E-state index is -0.381. The Morgan fingerprint density at radius 2 is 2.16 bits per heavy atom. The summed E-state index contributed by atoms with van der Waals surface area (Å²) in [5.41, 5.74) is 1.07. The number of fused-ring (bicyclic) bond motifs is 1. The lowest BCUT2D eigenvalue weighted by atomic mass is 10.0. The van der Waals surface area contributed by atoms with Gasteiger partial charge in [-0.25, -0.2) is 0 Å². The highest BCUT2D eigenvalue weighted by molar-refractivity contribution is 5.92. The van der Waals surface area contributed by atoms with Crippen LogP contribution in [-0.2, 0) is 15.9 Å². The summed E-state index contributed by atoms with van der Waals surface area (Å²) in [4.78, 5) is 14.6. The van der Waals surface area contributed by atoms with Crippen molar-refractivity contribution in [3.05, 3.63) is 46.3 Å². The fourth-order valence-electron chi connectivity index (χ4n) is 1.93. The molecule has 0 atom stereocenters. The van der Waals surface area contributed by atoms with Crippen LogP contribution in [0.4, 0.5) is 5.69 Å². The first kappa shape index (κ1) is 13.4. The Morgan fingerprint density at radius 3 is 2.89 bits per heavy atom. The average Bonchev–Trinajstić information content (AvgIpc) is 2.43. The Hall–Kier alpha value is -2.05. The lowest BCUT2D eigenvalue weighted by molar-refractivity contribution is -0.383. The number of rotatable bonds is 6. The first-order valence-electron chi connectivity index (χ1n) is 5.80. The zero-order valence-electron chi connectivity index (χ0n) is 10.5. The molecule has 0 aliphatic carbocycles. The Kier molecular flexibility index (Phi) is 4.38. The predicted molar refractivity (Wildman–Crippen MR) is 69.9 cm³/mol. The number of methoxy groups -OCH3 is 1. The van der Waals surface area contributed by atoms with E-state index in [0.717, 1.165) is 10.9 Å². The molecule has 0 fully saturated rings. The van der Waals surface area contributed by atoms with Gasteiger partial charge < -0.3 is 9.47 Å². The standard InChI is InChI=1S/C13H14N2O4/c1-18-9-19-7-5-10-2-3-13(15(16)17)11-4-6-14-8-12(10)11/h2-4,6,8H,5,7,9H2,1H3. The fourth-order valence-corrected chi connectivity index (χ4v) is 1.93. The number of benzene rings is 1. The highest BCUT2D eigenvalue weighted by Crippen LogP contribution is 2.27. The number of hydrogen-bond acceptors (Lipinski definition) is 5. The molecule has 0 bridgehead atoms.